The quantitative estimate of drug-likeness (QED) is 0.0455. The number of fused-ring (bicyclic) bond motifs is 6. The lowest BCUT2D eigenvalue weighted by Crippen LogP contribution is -2.06. The van der Waals surface area contributed by atoms with Gasteiger partial charge in [-0.15, -0.1) is 0 Å². The summed E-state index contributed by atoms with van der Waals surface area (Å²) in [7, 11) is 5.66. The average Bonchev–Trinajstić information content (AvgIpc) is 3.87. The van der Waals surface area contributed by atoms with Crippen molar-refractivity contribution in [3.63, 3.8) is 0 Å². The molecule has 0 unspecified atom stereocenters. The highest BCUT2D eigenvalue weighted by molar-refractivity contribution is 6.37. The van der Waals surface area contributed by atoms with Crippen molar-refractivity contribution in [2.24, 2.45) is 0 Å². The molecule has 2 radical (unpaired) electrons. The highest BCUT2D eigenvalue weighted by atomic mass is 16.4. The minimum atomic E-state index is -1.34. The van der Waals surface area contributed by atoms with E-state index in [1.165, 1.54) is 9.13 Å². The van der Waals surface area contributed by atoms with E-state index in [0.29, 0.717) is 56.0 Å². The van der Waals surface area contributed by atoms with Crippen molar-refractivity contribution >= 4 is 57.7 Å². The van der Waals surface area contributed by atoms with Gasteiger partial charge in [-0.3, -0.25) is 0 Å². The summed E-state index contributed by atoms with van der Waals surface area (Å²) < 4.78 is 2.77. The molecule has 70 heavy (non-hydrogen) atoms. The van der Waals surface area contributed by atoms with E-state index in [1.54, 1.807) is 60.7 Å². The molecule has 19 nitrogen and oxygen atoms in total. The Morgan fingerprint density at radius 1 is 0.371 bits per heavy atom. The molecule has 9 aromatic rings. The normalized spacial score (nSPS) is 12.3. The van der Waals surface area contributed by atoms with Crippen LogP contribution in [0.3, 0.4) is 0 Å². The zero-order valence-electron chi connectivity index (χ0n) is 36.4. The fraction of sp³-hybridized carbons (Fsp3) is 0.0800. The number of phenols is 17. The highest BCUT2D eigenvalue weighted by Crippen LogP contribution is 2.63. The summed E-state index contributed by atoms with van der Waals surface area (Å²) in [5.41, 5.74) is -2.03. The SMILES string of the molecule is CC.[B]c1c(O)c(O)c(O)c(-c2c(O)c(O)c(-n3c4ccccc4c4cc(C5=Cc6c(n(-c7c(O)c(O)c(-c8c(O)c(O)c(O)c(O)c8O)c(O)c7O)c7ccccc67)CC5)ccc43)c(O)c2O)c1O. The number of benzene rings is 7. The van der Waals surface area contributed by atoms with Crippen LogP contribution in [0.25, 0.3) is 78.0 Å². The molecule has 20 heteroatoms. The molecule has 2 aromatic heterocycles. The van der Waals surface area contributed by atoms with Crippen molar-refractivity contribution < 1.29 is 86.8 Å². The lowest BCUT2D eigenvalue weighted by atomic mass is 9.87. The monoisotopic (exact) mass is 950 g/mol. The molecule has 1 aliphatic carbocycles. The van der Waals surface area contributed by atoms with Crippen LogP contribution in [0.15, 0.2) is 66.7 Å². The second-order valence-electron chi connectivity index (χ2n) is 16.0. The molecule has 0 bridgehead atoms. The number of aromatic hydroxyl groups is 17. The van der Waals surface area contributed by atoms with Crippen LogP contribution in [0.4, 0.5) is 0 Å². The van der Waals surface area contributed by atoms with Crippen LogP contribution >= 0.6 is 0 Å². The first kappa shape index (κ1) is 45.4. The molecule has 10 rings (SSSR count). The van der Waals surface area contributed by atoms with Crippen molar-refractivity contribution in [3.8, 4) is 131 Å². The van der Waals surface area contributed by atoms with E-state index in [-0.39, 0.29) is 6.42 Å². The maximum absolute atomic E-state index is 11.5. The van der Waals surface area contributed by atoms with E-state index >= 15 is 0 Å². The standard InChI is InChI=1S/C48H33BN2O17.C2H6/c49-29-32(52)25(37(57)45(65)40(29)60)26-33(53)41(61)30(42(62)34(26)54)50-21-7-3-1-5-17(21)19-13-15(9-11-23(19)50)16-10-12-24-20(14-16)18-6-2-4-8-22(18)51(24)31-43(63)35(55)27(36(56)44(31)64)28-38(58)46(66)48(68)47(67)39(28)59;1-2/h1-9,11,13-14,52-68H,10,12H2;1-2H3. The summed E-state index contributed by atoms with van der Waals surface area (Å²) in [6.45, 7) is 4.00. The Hall–Kier alpha value is -9.72. The van der Waals surface area contributed by atoms with Crippen molar-refractivity contribution in [2.75, 3.05) is 0 Å². The highest BCUT2D eigenvalue weighted by Gasteiger charge is 2.36. The molecule has 0 amide bonds. The molecule has 0 saturated carbocycles. The van der Waals surface area contributed by atoms with E-state index in [2.05, 4.69) is 0 Å². The van der Waals surface area contributed by atoms with Gasteiger partial charge >= 0.3 is 0 Å². The largest absolute Gasteiger partial charge is 0.508 e. The lowest BCUT2D eigenvalue weighted by molar-refractivity contribution is 0.329. The van der Waals surface area contributed by atoms with Gasteiger partial charge in [0.25, 0.3) is 0 Å². The van der Waals surface area contributed by atoms with E-state index in [0.717, 1.165) is 5.57 Å². The number of hydrogen-bond acceptors (Lipinski definition) is 17. The number of para-hydroxylation sites is 2. The third-order valence-corrected chi connectivity index (χ3v) is 12.5. The van der Waals surface area contributed by atoms with Gasteiger partial charge in [0.05, 0.1) is 38.8 Å². The summed E-state index contributed by atoms with van der Waals surface area (Å²) in [4.78, 5) is 0. The molecular formula is C50H39BN2O17. The Morgan fingerprint density at radius 3 is 1.27 bits per heavy atom. The van der Waals surface area contributed by atoms with Crippen molar-refractivity contribution in [1.82, 2.24) is 9.13 Å². The first-order valence-corrected chi connectivity index (χ1v) is 21.1. The number of aromatic nitrogens is 2. The van der Waals surface area contributed by atoms with Gasteiger partial charge in [0.2, 0.25) is 23.0 Å². The molecule has 0 atom stereocenters. The predicted molar refractivity (Wildman–Crippen MR) is 256 cm³/mol. The first-order chi connectivity index (χ1) is 33.3. The van der Waals surface area contributed by atoms with Crippen LogP contribution in [-0.4, -0.2) is 104 Å². The number of hydrogen-bond donors (Lipinski definition) is 17. The molecule has 7 aromatic carbocycles. The number of allylic oxidation sites excluding steroid dienone is 1. The molecule has 0 saturated heterocycles. The van der Waals surface area contributed by atoms with Crippen molar-refractivity contribution in [2.45, 2.75) is 26.7 Å². The summed E-state index contributed by atoms with van der Waals surface area (Å²) in [6, 6.07) is 18.9. The molecule has 1 aliphatic rings. The van der Waals surface area contributed by atoms with Crippen LogP contribution < -0.4 is 5.46 Å². The van der Waals surface area contributed by atoms with Crippen LogP contribution in [0.5, 0.6) is 97.7 Å². The van der Waals surface area contributed by atoms with Crippen LogP contribution in [0.1, 0.15) is 37.1 Å². The third kappa shape index (κ3) is 6.02. The van der Waals surface area contributed by atoms with Crippen LogP contribution in [0, 0.1) is 0 Å². The smallest absolute Gasteiger partial charge is 0.208 e. The van der Waals surface area contributed by atoms with E-state index in [9.17, 15) is 86.8 Å². The zero-order chi connectivity index (χ0) is 50.7. The fourth-order valence-electron chi connectivity index (χ4n) is 9.27. The molecule has 0 spiro atoms. The van der Waals surface area contributed by atoms with Crippen molar-refractivity contribution in [3.05, 3.63) is 83.6 Å². The molecule has 354 valence electrons. The van der Waals surface area contributed by atoms with Gasteiger partial charge < -0.3 is 95.9 Å². The summed E-state index contributed by atoms with van der Waals surface area (Å²) in [5.74, 6) is -20.2. The van der Waals surface area contributed by atoms with Crippen LogP contribution in [-0.2, 0) is 6.42 Å². The first-order valence-electron chi connectivity index (χ1n) is 21.1. The number of nitrogens with zero attached hydrogens (tertiary/aromatic N) is 2. The lowest BCUT2D eigenvalue weighted by Gasteiger charge is -2.22. The zero-order valence-corrected chi connectivity index (χ0v) is 36.4. The Bertz CT molecular complexity index is 3680. The molecular weight excluding hydrogens is 911 g/mol. The average molecular weight is 951 g/mol. The van der Waals surface area contributed by atoms with Crippen molar-refractivity contribution in [1.29, 1.82) is 0 Å². The van der Waals surface area contributed by atoms with Crippen LogP contribution in [0.2, 0.25) is 0 Å². The van der Waals surface area contributed by atoms with Gasteiger partial charge in [0.1, 0.15) is 25.0 Å². The van der Waals surface area contributed by atoms with E-state index in [4.69, 9.17) is 7.85 Å². The van der Waals surface area contributed by atoms with Gasteiger partial charge in [-0.1, -0.05) is 56.3 Å². The minimum Gasteiger partial charge on any atom is -0.508 e. The Kier molecular flexibility index (Phi) is 10.4. The minimum absolute atomic E-state index is 0.224. The third-order valence-electron chi connectivity index (χ3n) is 12.5. The number of phenolic OH excluding ortho intramolecular Hbond substituents is 17. The topological polar surface area (TPSA) is 354 Å². The van der Waals surface area contributed by atoms with Gasteiger partial charge in [0.15, 0.2) is 69.0 Å². The maximum atomic E-state index is 11.5. The van der Waals surface area contributed by atoms with Gasteiger partial charge in [0, 0.05) is 27.4 Å². The molecule has 17 N–H and O–H groups in total. The summed E-state index contributed by atoms with van der Waals surface area (Å²) in [6.07, 6.45) is 2.41. The van der Waals surface area contributed by atoms with Gasteiger partial charge in [-0.2, -0.15) is 0 Å². The summed E-state index contributed by atoms with van der Waals surface area (Å²) in [5, 5.41) is 186. The second kappa shape index (κ2) is 16.0. The maximum Gasteiger partial charge on any atom is 0.208 e. The Balaban J connectivity index is 0.00000300. The summed E-state index contributed by atoms with van der Waals surface area (Å²) >= 11 is 0. The van der Waals surface area contributed by atoms with E-state index < -0.39 is 137 Å². The second-order valence-corrected chi connectivity index (χ2v) is 16.0. The number of rotatable bonds is 5. The van der Waals surface area contributed by atoms with Gasteiger partial charge in [-0.05, 0) is 59.8 Å². The Labute approximate surface area is 394 Å². The predicted octanol–water partition coefficient (Wildman–Crippen LogP) is 7.36. The Morgan fingerprint density at radius 2 is 0.757 bits per heavy atom. The van der Waals surface area contributed by atoms with Gasteiger partial charge in [-0.25, -0.2) is 0 Å². The fourth-order valence-corrected chi connectivity index (χ4v) is 9.27. The molecule has 0 fully saturated rings. The van der Waals surface area contributed by atoms with E-state index in [1.807, 2.05) is 26.0 Å². The molecule has 2 heterocycles. The molecule has 0 aliphatic heterocycles.